The highest BCUT2D eigenvalue weighted by molar-refractivity contribution is 7.09. The van der Waals surface area contributed by atoms with Gasteiger partial charge in [-0.1, -0.05) is 30.3 Å². The predicted molar refractivity (Wildman–Crippen MR) is 86.1 cm³/mol. The lowest BCUT2D eigenvalue weighted by Crippen LogP contribution is -2.38. The van der Waals surface area contributed by atoms with Crippen LogP contribution in [0.1, 0.15) is 29.3 Å². The topological polar surface area (TPSA) is 33.2 Å². The van der Waals surface area contributed by atoms with Gasteiger partial charge in [0.1, 0.15) is 0 Å². The highest BCUT2D eigenvalue weighted by atomic mass is 32.1. The molecule has 108 valence electrons. The minimum absolute atomic E-state index is 0.0973. The Hall–Kier alpha value is -1.94. The summed E-state index contributed by atoms with van der Waals surface area (Å²) in [6.07, 6.45) is 7.58. The van der Waals surface area contributed by atoms with E-state index in [9.17, 15) is 4.79 Å². The Morgan fingerprint density at radius 2 is 2.19 bits per heavy atom. The number of amides is 1. The van der Waals surface area contributed by atoms with Gasteiger partial charge in [-0.3, -0.25) is 4.79 Å². The van der Waals surface area contributed by atoms with Crippen LogP contribution in [0.15, 0.2) is 48.0 Å². The molecule has 0 N–H and O–H groups in total. The molecule has 1 saturated heterocycles. The van der Waals surface area contributed by atoms with Crippen LogP contribution in [0.5, 0.6) is 0 Å². The van der Waals surface area contributed by atoms with Crippen molar-refractivity contribution in [3.63, 3.8) is 0 Å². The molecular formula is C17H18N2OS. The zero-order valence-corrected chi connectivity index (χ0v) is 12.6. The lowest BCUT2D eigenvalue weighted by molar-refractivity contribution is -0.127. The quantitative estimate of drug-likeness (QED) is 0.812. The molecule has 1 aromatic heterocycles. The molecule has 0 bridgehead atoms. The molecule has 2 heterocycles. The monoisotopic (exact) mass is 298 g/mol. The maximum atomic E-state index is 12.3. The number of carbonyl (C=O) groups is 1. The fourth-order valence-corrected chi connectivity index (χ4v) is 3.42. The van der Waals surface area contributed by atoms with Gasteiger partial charge in [0.05, 0.1) is 5.01 Å². The molecule has 0 saturated carbocycles. The standard InChI is InChI=1S/C17H18N2OS/c20-16(9-8-14-5-2-1-3-6-14)19-11-4-7-15(13-19)17-18-10-12-21-17/h1-3,5-6,8-10,12,15H,4,7,11,13H2/b9-8+/t15-/m1/s1. The van der Waals surface area contributed by atoms with Gasteiger partial charge in [-0.05, 0) is 24.5 Å². The Labute approximate surface area is 128 Å². The van der Waals surface area contributed by atoms with E-state index in [1.165, 1.54) is 0 Å². The largest absolute Gasteiger partial charge is 0.338 e. The Morgan fingerprint density at radius 1 is 1.33 bits per heavy atom. The summed E-state index contributed by atoms with van der Waals surface area (Å²) < 4.78 is 0. The second-order valence-electron chi connectivity index (χ2n) is 5.24. The zero-order chi connectivity index (χ0) is 14.5. The highest BCUT2D eigenvalue weighted by Gasteiger charge is 2.24. The van der Waals surface area contributed by atoms with Gasteiger partial charge in [-0.2, -0.15) is 0 Å². The van der Waals surface area contributed by atoms with Gasteiger partial charge in [0.15, 0.2) is 0 Å². The summed E-state index contributed by atoms with van der Waals surface area (Å²) in [7, 11) is 0. The Morgan fingerprint density at radius 3 is 2.95 bits per heavy atom. The third kappa shape index (κ3) is 3.58. The summed E-state index contributed by atoms with van der Waals surface area (Å²) in [5, 5.41) is 3.16. The maximum absolute atomic E-state index is 12.3. The number of nitrogens with zero attached hydrogens (tertiary/aromatic N) is 2. The number of piperidine rings is 1. The van der Waals surface area contributed by atoms with E-state index in [0.29, 0.717) is 5.92 Å². The lowest BCUT2D eigenvalue weighted by Gasteiger charge is -2.31. The number of benzene rings is 1. The molecule has 3 rings (SSSR count). The van der Waals surface area contributed by atoms with Crippen molar-refractivity contribution in [2.45, 2.75) is 18.8 Å². The van der Waals surface area contributed by atoms with Crippen molar-refractivity contribution >= 4 is 23.3 Å². The molecule has 2 aromatic rings. The van der Waals surface area contributed by atoms with Crippen molar-refractivity contribution in [1.82, 2.24) is 9.88 Å². The molecule has 1 amide bonds. The van der Waals surface area contributed by atoms with Crippen LogP contribution in [-0.2, 0) is 4.79 Å². The van der Waals surface area contributed by atoms with E-state index < -0.39 is 0 Å². The van der Waals surface area contributed by atoms with E-state index in [1.54, 1.807) is 17.4 Å². The summed E-state index contributed by atoms with van der Waals surface area (Å²) >= 11 is 1.69. The number of hydrogen-bond acceptors (Lipinski definition) is 3. The molecular weight excluding hydrogens is 280 g/mol. The summed E-state index contributed by atoms with van der Waals surface area (Å²) in [4.78, 5) is 18.6. The first-order valence-electron chi connectivity index (χ1n) is 7.24. The number of hydrogen-bond donors (Lipinski definition) is 0. The first-order valence-corrected chi connectivity index (χ1v) is 8.12. The average molecular weight is 298 g/mol. The van der Waals surface area contributed by atoms with E-state index in [0.717, 1.165) is 36.5 Å². The Kier molecular flexibility index (Phi) is 4.46. The molecule has 1 fully saturated rings. The van der Waals surface area contributed by atoms with Crippen molar-refractivity contribution in [3.8, 4) is 0 Å². The normalized spacial score (nSPS) is 19.0. The second kappa shape index (κ2) is 6.68. The van der Waals surface area contributed by atoms with Gasteiger partial charge in [0.2, 0.25) is 5.91 Å². The van der Waals surface area contributed by atoms with Crippen molar-refractivity contribution in [1.29, 1.82) is 0 Å². The zero-order valence-electron chi connectivity index (χ0n) is 11.8. The van der Waals surface area contributed by atoms with Gasteiger partial charge < -0.3 is 4.90 Å². The number of likely N-dealkylation sites (tertiary alicyclic amines) is 1. The molecule has 4 heteroatoms. The van der Waals surface area contributed by atoms with Gasteiger partial charge >= 0.3 is 0 Å². The highest BCUT2D eigenvalue weighted by Crippen LogP contribution is 2.28. The van der Waals surface area contributed by atoms with Crippen LogP contribution < -0.4 is 0 Å². The van der Waals surface area contributed by atoms with Gasteiger partial charge in [0.25, 0.3) is 0 Å². The van der Waals surface area contributed by atoms with Crippen LogP contribution >= 0.6 is 11.3 Å². The third-order valence-electron chi connectivity index (χ3n) is 3.75. The Bertz CT molecular complexity index is 607. The Balaban J connectivity index is 1.63. The smallest absolute Gasteiger partial charge is 0.246 e. The molecule has 1 aliphatic heterocycles. The fourth-order valence-electron chi connectivity index (χ4n) is 2.65. The van der Waals surface area contributed by atoms with Crippen molar-refractivity contribution in [2.24, 2.45) is 0 Å². The van der Waals surface area contributed by atoms with E-state index in [-0.39, 0.29) is 5.91 Å². The molecule has 3 nitrogen and oxygen atoms in total. The number of rotatable bonds is 3. The summed E-state index contributed by atoms with van der Waals surface area (Å²) in [6.45, 7) is 1.63. The van der Waals surface area contributed by atoms with Gasteiger partial charge in [-0.15, -0.1) is 11.3 Å². The fraction of sp³-hybridized carbons (Fsp3) is 0.294. The summed E-state index contributed by atoms with van der Waals surface area (Å²) in [5.74, 6) is 0.493. The van der Waals surface area contributed by atoms with Crippen molar-refractivity contribution < 1.29 is 4.79 Å². The van der Waals surface area contributed by atoms with E-state index in [2.05, 4.69) is 4.98 Å². The minimum Gasteiger partial charge on any atom is -0.338 e. The molecule has 0 unspecified atom stereocenters. The SMILES string of the molecule is O=C(/C=C/c1ccccc1)N1CCC[C@@H](c2nccs2)C1. The van der Waals surface area contributed by atoms with E-state index in [1.807, 2.05) is 52.9 Å². The van der Waals surface area contributed by atoms with Crippen LogP contribution in [0.3, 0.4) is 0 Å². The molecule has 0 radical (unpaired) electrons. The predicted octanol–water partition coefficient (Wildman–Crippen LogP) is 3.56. The molecule has 1 atom stereocenters. The first kappa shape index (κ1) is 14.0. The van der Waals surface area contributed by atoms with Gasteiger partial charge in [-0.25, -0.2) is 4.98 Å². The van der Waals surface area contributed by atoms with Gasteiger partial charge in [0, 0.05) is 36.7 Å². The summed E-state index contributed by atoms with van der Waals surface area (Å²) in [5.41, 5.74) is 1.05. The summed E-state index contributed by atoms with van der Waals surface area (Å²) in [6, 6.07) is 9.92. The van der Waals surface area contributed by atoms with Crippen LogP contribution in [0, 0.1) is 0 Å². The van der Waals surface area contributed by atoms with E-state index in [4.69, 9.17) is 0 Å². The molecule has 0 aliphatic carbocycles. The lowest BCUT2D eigenvalue weighted by atomic mass is 9.98. The van der Waals surface area contributed by atoms with Crippen LogP contribution in [0.4, 0.5) is 0 Å². The van der Waals surface area contributed by atoms with E-state index >= 15 is 0 Å². The van der Waals surface area contributed by atoms with Crippen LogP contribution in [0.2, 0.25) is 0 Å². The molecule has 1 aliphatic rings. The molecule has 1 aromatic carbocycles. The van der Waals surface area contributed by atoms with Crippen LogP contribution in [-0.4, -0.2) is 28.9 Å². The number of aromatic nitrogens is 1. The second-order valence-corrected chi connectivity index (χ2v) is 6.16. The molecule has 21 heavy (non-hydrogen) atoms. The van der Waals surface area contributed by atoms with Crippen LogP contribution in [0.25, 0.3) is 6.08 Å². The maximum Gasteiger partial charge on any atom is 0.246 e. The number of thiazole rings is 1. The minimum atomic E-state index is 0.0973. The van der Waals surface area contributed by atoms with Crippen molar-refractivity contribution in [2.75, 3.05) is 13.1 Å². The van der Waals surface area contributed by atoms with Crippen molar-refractivity contribution in [3.05, 3.63) is 58.6 Å². The third-order valence-corrected chi connectivity index (χ3v) is 4.69. The average Bonchev–Trinajstić information content (AvgIpc) is 3.08. The molecule has 0 spiro atoms. The number of carbonyl (C=O) groups excluding carboxylic acids is 1. The first-order chi connectivity index (χ1) is 10.3.